The van der Waals surface area contributed by atoms with E-state index in [1.54, 1.807) is 18.2 Å². The highest BCUT2D eigenvalue weighted by Crippen LogP contribution is 2.31. The van der Waals surface area contributed by atoms with Crippen LogP contribution in [0.3, 0.4) is 0 Å². The summed E-state index contributed by atoms with van der Waals surface area (Å²) in [6.07, 6.45) is 0. The number of aliphatic carboxylic acids is 1. The van der Waals surface area contributed by atoms with Gasteiger partial charge in [-0.05, 0) is 11.6 Å². The van der Waals surface area contributed by atoms with Crippen molar-refractivity contribution in [1.82, 2.24) is 0 Å². The number of hydrogen-bond donors (Lipinski definition) is 1. The van der Waals surface area contributed by atoms with Gasteiger partial charge in [0, 0.05) is 8.96 Å². The van der Waals surface area contributed by atoms with Crippen molar-refractivity contribution in [3.8, 4) is 0 Å². The lowest BCUT2D eigenvalue weighted by Crippen LogP contribution is -1.98. The average Bonchev–Trinajstić information content (AvgIpc) is 2.18. The second-order valence-electron chi connectivity index (χ2n) is 2.56. The quantitative estimate of drug-likeness (QED) is 0.666. The molecule has 0 amide bonds. The molecule has 0 atom stereocenters. The van der Waals surface area contributed by atoms with Crippen LogP contribution in [0, 0.1) is 6.57 Å². The lowest BCUT2D eigenvalue weighted by Gasteiger charge is -2.03. The third-order valence-corrected chi connectivity index (χ3v) is 3.13. The second kappa shape index (κ2) is 5.10. The molecule has 1 aromatic rings. The van der Waals surface area contributed by atoms with Gasteiger partial charge in [-0.15, -0.1) is 0 Å². The zero-order valence-electron chi connectivity index (χ0n) is 7.37. The minimum atomic E-state index is -1.24. The topological polar surface area (TPSA) is 41.7 Å². The normalized spacial score (nSPS) is 11.5. The van der Waals surface area contributed by atoms with E-state index in [-0.39, 0.29) is 10.2 Å². The van der Waals surface area contributed by atoms with E-state index in [0.717, 1.165) is 4.47 Å². The summed E-state index contributed by atoms with van der Waals surface area (Å²) in [5.74, 6) is -1.24. The Kier molecular flexibility index (Phi) is 4.06. The molecule has 0 saturated carbocycles. The van der Waals surface area contributed by atoms with Crippen LogP contribution in [0.2, 0.25) is 0 Å². The molecule has 0 unspecified atom stereocenters. The molecule has 15 heavy (non-hydrogen) atoms. The summed E-state index contributed by atoms with van der Waals surface area (Å²) in [4.78, 5) is 13.7. The summed E-state index contributed by atoms with van der Waals surface area (Å²) >= 11 is 6.40. The third-order valence-electron chi connectivity index (χ3n) is 1.63. The van der Waals surface area contributed by atoms with Gasteiger partial charge in [0.15, 0.2) is 0 Å². The zero-order chi connectivity index (χ0) is 11.4. The Bertz CT molecular complexity index is 475. The minimum absolute atomic E-state index is 0.275. The molecule has 0 spiro atoms. The maximum absolute atomic E-state index is 10.7. The van der Waals surface area contributed by atoms with Crippen LogP contribution in [0.4, 0.5) is 0 Å². The number of halogens is 2. The molecule has 1 rings (SSSR count). The van der Waals surface area contributed by atoms with Crippen LogP contribution in [-0.4, -0.2) is 11.1 Å². The van der Waals surface area contributed by atoms with Crippen LogP contribution in [0.25, 0.3) is 9.33 Å². The molecule has 0 radical (unpaired) electrons. The van der Waals surface area contributed by atoms with E-state index in [9.17, 15) is 4.79 Å². The number of carboxylic acid groups (broad SMARTS) is 1. The smallest absolute Gasteiger partial charge is 0.335 e. The maximum Gasteiger partial charge on any atom is 0.335 e. The second-order valence-corrected chi connectivity index (χ2v) is 4.21. The first-order valence-corrected chi connectivity index (χ1v) is 5.42. The lowest BCUT2D eigenvalue weighted by molar-refractivity contribution is -0.132. The number of hydrogen-bond acceptors (Lipinski definition) is 1. The monoisotopic (exact) mass is 329 g/mol. The van der Waals surface area contributed by atoms with E-state index in [4.69, 9.17) is 11.7 Å². The molecule has 3 nitrogen and oxygen atoms in total. The van der Waals surface area contributed by atoms with E-state index < -0.39 is 5.97 Å². The summed E-state index contributed by atoms with van der Waals surface area (Å²) in [6.45, 7) is 6.78. The predicted octanol–water partition coefficient (Wildman–Crippen LogP) is 3.52. The fraction of sp³-hybridized carbons (Fsp3) is 0. The van der Waals surface area contributed by atoms with Crippen LogP contribution in [0.15, 0.2) is 34.4 Å². The van der Waals surface area contributed by atoms with Crippen molar-refractivity contribution in [2.24, 2.45) is 0 Å². The Morgan fingerprint density at radius 2 is 2.00 bits per heavy atom. The summed E-state index contributed by atoms with van der Waals surface area (Å²) in [7, 11) is 0. The molecule has 1 N–H and O–H groups in total. The SMILES string of the molecule is [C-]#[N+]/C(C(=O)O)=C(\Br)c1ccccc1Br. The summed E-state index contributed by atoms with van der Waals surface area (Å²) < 4.78 is 1.01. The van der Waals surface area contributed by atoms with Crippen molar-refractivity contribution in [3.63, 3.8) is 0 Å². The van der Waals surface area contributed by atoms with E-state index in [1.165, 1.54) is 0 Å². The van der Waals surface area contributed by atoms with Crippen LogP contribution < -0.4 is 0 Å². The third kappa shape index (κ3) is 2.67. The molecule has 1 aromatic carbocycles. The van der Waals surface area contributed by atoms with E-state index in [0.29, 0.717) is 5.56 Å². The molecule has 0 aliphatic heterocycles. The number of rotatable bonds is 2. The summed E-state index contributed by atoms with van der Waals surface area (Å²) in [5, 5.41) is 8.78. The van der Waals surface area contributed by atoms with Gasteiger partial charge in [0.1, 0.15) is 0 Å². The Balaban J connectivity index is 3.37. The number of carboxylic acids is 1. The number of carbonyl (C=O) groups is 1. The highest BCUT2D eigenvalue weighted by molar-refractivity contribution is 9.15. The molecule has 0 aliphatic rings. The van der Waals surface area contributed by atoms with E-state index in [2.05, 4.69) is 36.7 Å². The van der Waals surface area contributed by atoms with Gasteiger partial charge in [-0.25, -0.2) is 4.85 Å². The van der Waals surface area contributed by atoms with Gasteiger partial charge in [0.2, 0.25) is 0 Å². The van der Waals surface area contributed by atoms with Crippen molar-refractivity contribution in [3.05, 3.63) is 51.4 Å². The molecular weight excluding hydrogens is 326 g/mol. The van der Waals surface area contributed by atoms with Crippen LogP contribution in [0.1, 0.15) is 5.56 Å². The highest BCUT2D eigenvalue weighted by Gasteiger charge is 2.15. The molecule has 5 heteroatoms. The first-order chi connectivity index (χ1) is 7.07. The van der Waals surface area contributed by atoms with Gasteiger partial charge in [-0.1, -0.05) is 50.1 Å². The standard InChI is InChI=1S/C10H5Br2NO2/c1-13-9(10(14)15)8(12)6-4-2-3-5-7(6)11/h2-5H,(H,14,15)/b9-8-. The Hall–Kier alpha value is -1.12. The fourth-order valence-corrected chi connectivity index (χ4v) is 2.31. The molecule has 0 heterocycles. The van der Waals surface area contributed by atoms with Crippen LogP contribution in [-0.2, 0) is 4.79 Å². The van der Waals surface area contributed by atoms with Crippen LogP contribution >= 0.6 is 31.9 Å². The first-order valence-electron chi connectivity index (χ1n) is 3.83. The first kappa shape index (κ1) is 12.0. The number of nitrogens with zero attached hydrogens (tertiary/aromatic N) is 1. The lowest BCUT2D eigenvalue weighted by atomic mass is 10.2. The minimum Gasteiger partial charge on any atom is -0.486 e. The highest BCUT2D eigenvalue weighted by atomic mass is 79.9. The van der Waals surface area contributed by atoms with Crippen LogP contribution in [0.5, 0.6) is 0 Å². The van der Waals surface area contributed by atoms with Gasteiger partial charge in [-0.2, -0.15) is 0 Å². The fourth-order valence-electron chi connectivity index (χ4n) is 0.958. The van der Waals surface area contributed by atoms with Gasteiger partial charge in [0.25, 0.3) is 5.70 Å². The molecule has 0 saturated heterocycles. The zero-order valence-corrected chi connectivity index (χ0v) is 10.5. The van der Waals surface area contributed by atoms with Gasteiger partial charge in [0.05, 0.1) is 6.57 Å². The Morgan fingerprint density at radius 3 is 2.47 bits per heavy atom. The van der Waals surface area contributed by atoms with Crippen molar-refractivity contribution in [2.45, 2.75) is 0 Å². The van der Waals surface area contributed by atoms with E-state index in [1.807, 2.05) is 6.07 Å². The molecule has 76 valence electrons. The molecule has 0 bridgehead atoms. The summed E-state index contributed by atoms with van der Waals surface area (Å²) in [5.41, 5.74) is 0.313. The van der Waals surface area contributed by atoms with Gasteiger partial charge >= 0.3 is 5.97 Å². The van der Waals surface area contributed by atoms with Crippen molar-refractivity contribution in [1.29, 1.82) is 0 Å². The molecule has 0 aromatic heterocycles. The van der Waals surface area contributed by atoms with Crippen molar-refractivity contribution >= 4 is 42.3 Å². The molecular formula is C10H5Br2NO2. The Labute approximate surface area is 103 Å². The van der Waals surface area contributed by atoms with Gasteiger partial charge < -0.3 is 5.11 Å². The molecule has 0 aliphatic carbocycles. The number of benzene rings is 1. The van der Waals surface area contributed by atoms with E-state index >= 15 is 0 Å². The van der Waals surface area contributed by atoms with Crippen molar-refractivity contribution < 1.29 is 9.90 Å². The predicted molar refractivity (Wildman–Crippen MR) is 64.2 cm³/mol. The van der Waals surface area contributed by atoms with Gasteiger partial charge in [-0.3, -0.25) is 4.79 Å². The maximum atomic E-state index is 10.7. The Morgan fingerprint density at radius 1 is 1.40 bits per heavy atom. The van der Waals surface area contributed by atoms with Crippen molar-refractivity contribution in [2.75, 3.05) is 0 Å². The summed E-state index contributed by atoms with van der Waals surface area (Å²) in [6, 6.07) is 7.08. The average molecular weight is 331 g/mol. The molecule has 0 fully saturated rings. The largest absolute Gasteiger partial charge is 0.486 e.